The third-order valence-electron chi connectivity index (χ3n) is 2.73. The van der Waals surface area contributed by atoms with E-state index in [0.29, 0.717) is 11.1 Å². The first-order valence-corrected chi connectivity index (χ1v) is 5.39. The minimum atomic E-state index is 0.419. The molecule has 0 aliphatic heterocycles. The largest absolute Gasteiger partial charge is 0.233 e. The molecule has 1 atom stereocenters. The van der Waals surface area contributed by atoms with Crippen LogP contribution in [0.5, 0.6) is 0 Å². The molecule has 0 spiro atoms. The molecule has 1 unspecified atom stereocenters. The summed E-state index contributed by atoms with van der Waals surface area (Å²) in [5, 5.41) is 4.72. The van der Waals surface area contributed by atoms with E-state index in [1.54, 1.807) is 10.7 Å². The summed E-state index contributed by atoms with van der Waals surface area (Å²) in [6.07, 6.45) is 8.37. The molecule has 0 saturated carbocycles. The summed E-state index contributed by atoms with van der Waals surface area (Å²) in [7, 11) is 0. The van der Waals surface area contributed by atoms with Crippen LogP contribution in [-0.2, 0) is 0 Å². The highest BCUT2D eigenvalue weighted by Crippen LogP contribution is 2.28. The van der Waals surface area contributed by atoms with Gasteiger partial charge in [0.1, 0.15) is 5.15 Å². The Morgan fingerprint density at radius 3 is 3.20 bits per heavy atom. The predicted octanol–water partition coefficient (Wildman–Crippen LogP) is 2.82. The van der Waals surface area contributed by atoms with Gasteiger partial charge in [-0.1, -0.05) is 23.8 Å². The number of allylic oxidation sites excluding steroid dienone is 2. The molecular weight excluding hydrogens is 210 g/mol. The second kappa shape index (κ2) is 3.35. The van der Waals surface area contributed by atoms with Crippen LogP contribution >= 0.6 is 11.6 Å². The number of rotatable bonds is 1. The van der Waals surface area contributed by atoms with E-state index in [9.17, 15) is 0 Å². The van der Waals surface area contributed by atoms with E-state index < -0.39 is 0 Å². The van der Waals surface area contributed by atoms with Gasteiger partial charge in [-0.2, -0.15) is 5.10 Å². The van der Waals surface area contributed by atoms with Gasteiger partial charge in [-0.15, -0.1) is 0 Å². The van der Waals surface area contributed by atoms with Crippen molar-refractivity contribution in [2.75, 3.05) is 0 Å². The highest BCUT2D eigenvalue weighted by Gasteiger charge is 2.15. The van der Waals surface area contributed by atoms with E-state index in [4.69, 9.17) is 11.6 Å². The normalized spacial score (nSPS) is 20.2. The van der Waals surface area contributed by atoms with Crippen LogP contribution < -0.4 is 0 Å². The van der Waals surface area contributed by atoms with E-state index in [2.05, 4.69) is 22.2 Å². The molecule has 3 nitrogen and oxygen atoms in total. The molecule has 0 bridgehead atoms. The molecule has 0 saturated heterocycles. The molecule has 1 aliphatic rings. The Bertz CT molecular complexity index is 530. The lowest BCUT2D eigenvalue weighted by Gasteiger charge is -2.08. The highest BCUT2D eigenvalue weighted by atomic mass is 35.5. The Kier molecular flexibility index (Phi) is 1.99. The summed E-state index contributed by atoms with van der Waals surface area (Å²) in [5.41, 5.74) is 1.86. The molecule has 0 amide bonds. The van der Waals surface area contributed by atoms with E-state index in [1.165, 1.54) is 0 Å². The van der Waals surface area contributed by atoms with Crippen molar-refractivity contribution in [1.82, 2.24) is 14.6 Å². The Morgan fingerprint density at radius 1 is 1.47 bits per heavy atom. The van der Waals surface area contributed by atoms with E-state index in [-0.39, 0.29) is 0 Å². The summed E-state index contributed by atoms with van der Waals surface area (Å²) >= 11 is 6.12. The first-order valence-electron chi connectivity index (χ1n) is 5.01. The lowest BCUT2D eigenvalue weighted by atomic mass is 10.1. The van der Waals surface area contributed by atoms with Crippen molar-refractivity contribution < 1.29 is 0 Å². The third-order valence-corrected chi connectivity index (χ3v) is 3.00. The first-order chi connectivity index (χ1) is 7.34. The van der Waals surface area contributed by atoms with Crippen molar-refractivity contribution in [2.45, 2.75) is 18.8 Å². The topological polar surface area (TPSA) is 30.2 Å². The molecule has 76 valence electrons. The first kappa shape index (κ1) is 8.92. The number of aromatic nitrogens is 3. The second-order valence-corrected chi connectivity index (χ2v) is 4.10. The van der Waals surface area contributed by atoms with Crippen LogP contribution in [-0.4, -0.2) is 14.6 Å². The zero-order chi connectivity index (χ0) is 10.3. The van der Waals surface area contributed by atoms with Gasteiger partial charge >= 0.3 is 0 Å². The van der Waals surface area contributed by atoms with E-state index in [1.807, 2.05) is 12.1 Å². The highest BCUT2D eigenvalue weighted by molar-refractivity contribution is 6.29. The molecule has 2 aromatic rings. The van der Waals surface area contributed by atoms with Gasteiger partial charge in [0.15, 0.2) is 5.65 Å². The number of nitrogens with zero attached hydrogens (tertiary/aromatic N) is 3. The van der Waals surface area contributed by atoms with Gasteiger partial charge in [0.2, 0.25) is 0 Å². The van der Waals surface area contributed by atoms with Crippen molar-refractivity contribution in [2.24, 2.45) is 0 Å². The molecule has 0 fully saturated rings. The van der Waals surface area contributed by atoms with Gasteiger partial charge in [0.05, 0.1) is 11.9 Å². The molecule has 3 rings (SSSR count). The van der Waals surface area contributed by atoms with Crippen LogP contribution in [0.15, 0.2) is 30.5 Å². The van der Waals surface area contributed by atoms with Crippen LogP contribution in [0, 0.1) is 0 Å². The van der Waals surface area contributed by atoms with Crippen molar-refractivity contribution in [3.63, 3.8) is 0 Å². The lowest BCUT2D eigenvalue weighted by Crippen LogP contribution is -2.00. The average Bonchev–Trinajstić information content (AvgIpc) is 2.88. The molecule has 0 N–H and O–H groups in total. The second-order valence-electron chi connectivity index (χ2n) is 3.72. The number of hydrogen-bond donors (Lipinski definition) is 0. The van der Waals surface area contributed by atoms with Gasteiger partial charge in [-0.3, -0.25) is 0 Å². The van der Waals surface area contributed by atoms with Crippen molar-refractivity contribution in [3.8, 4) is 0 Å². The van der Waals surface area contributed by atoms with Crippen molar-refractivity contribution in [3.05, 3.63) is 41.3 Å². The number of halogens is 1. The molecule has 4 heteroatoms. The summed E-state index contributed by atoms with van der Waals surface area (Å²) in [6, 6.07) is 3.77. The van der Waals surface area contributed by atoms with Gasteiger partial charge in [-0.25, -0.2) is 9.50 Å². The molecule has 15 heavy (non-hydrogen) atoms. The zero-order valence-corrected chi connectivity index (χ0v) is 8.85. The summed E-state index contributed by atoms with van der Waals surface area (Å²) in [5.74, 6) is 0.419. The fourth-order valence-corrected chi connectivity index (χ4v) is 2.20. The fourth-order valence-electron chi connectivity index (χ4n) is 1.96. The quantitative estimate of drug-likeness (QED) is 0.545. The van der Waals surface area contributed by atoms with Crippen LogP contribution in [0.2, 0.25) is 5.15 Å². The summed E-state index contributed by atoms with van der Waals surface area (Å²) in [6.45, 7) is 0. The van der Waals surface area contributed by atoms with Gasteiger partial charge in [0, 0.05) is 12.0 Å². The molecule has 0 radical (unpaired) electrons. The minimum Gasteiger partial charge on any atom is -0.233 e. The maximum absolute atomic E-state index is 6.12. The van der Waals surface area contributed by atoms with Crippen molar-refractivity contribution in [1.29, 1.82) is 0 Å². The lowest BCUT2D eigenvalue weighted by molar-refractivity contribution is 0.767. The molecule has 2 aromatic heterocycles. The van der Waals surface area contributed by atoms with Gasteiger partial charge in [0.25, 0.3) is 0 Å². The maximum atomic E-state index is 6.12. The Labute approximate surface area is 92.4 Å². The smallest absolute Gasteiger partial charge is 0.156 e. The number of hydrogen-bond acceptors (Lipinski definition) is 2. The molecule has 2 heterocycles. The maximum Gasteiger partial charge on any atom is 0.156 e. The van der Waals surface area contributed by atoms with E-state index >= 15 is 0 Å². The van der Waals surface area contributed by atoms with Gasteiger partial charge in [-0.05, 0) is 18.9 Å². The molecule has 0 aromatic carbocycles. The van der Waals surface area contributed by atoms with E-state index in [0.717, 1.165) is 24.2 Å². The Balaban J connectivity index is 2.15. The Hall–Kier alpha value is -1.35. The molecular formula is C11H10ClN3. The monoisotopic (exact) mass is 219 g/mol. The van der Waals surface area contributed by atoms with Gasteiger partial charge < -0.3 is 0 Å². The summed E-state index contributed by atoms with van der Waals surface area (Å²) < 4.78 is 1.64. The third kappa shape index (κ3) is 1.43. The zero-order valence-electron chi connectivity index (χ0n) is 8.10. The Morgan fingerprint density at radius 2 is 2.40 bits per heavy atom. The van der Waals surface area contributed by atoms with Crippen LogP contribution in [0.1, 0.15) is 24.5 Å². The average molecular weight is 220 g/mol. The standard InChI is InChI=1S/C11H10ClN3/c12-10-7-9(8-3-1-2-4-8)14-11-5-6-13-15(10)11/h1,3,5-8H,2,4H2. The van der Waals surface area contributed by atoms with Crippen LogP contribution in [0.4, 0.5) is 0 Å². The number of fused-ring (bicyclic) bond motifs is 1. The SMILES string of the molecule is Clc1cc(C2C=CCC2)nc2ccnn12. The predicted molar refractivity (Wildman–Crippen MR) is 59.1 cm³/mol. The molecule has 1 aliphatic carbocycles. The fraction of sp³-hybridized carbons (Fsp3) is 0.273. The minimum absolute atomic E-state index is 0.419. The van der Waals surface area contributed by atoms with Crippen molar-refractivity contribution >= 4 is 17.2 Å². The van der Waals surface area contributed by atoms with Crippen LogP contribution in [0.3, 0.4) is 0 Å². The van der Waals surface area contributed by atoms with Crippen LogP contribution in [0.25, 0.3) is 5.65 Å². The summed E-state index contributed by atoms with van der Waals surface area (Å²) in [4.78, 5) is 4.54.